The van der Waals surface area contributed by atoms with E-state index in [-0.39, 0.29) is 0 Å². The van der Waals surface area contributed by atoms with Crippen LogP contribution in [-0.4, -0.2) is 0 Å². The first-order valence-electron chi connectivity index (χ1n) is 22.0. The summed E-state index contributed by atoms with van der Waals surface area (Å²) in [6.45, 7) is 0. The van der Waals surface area contributed by atoms with Crippen LogP contribution in [-0.2, 0) is 0 Å². The van der Waals surface area contributed by atoms with Crippen LogP contribution in [0.3, 0.4) is 0 Å². The summed E-state index contributed by atoms with van der Waals surface area (Å²) in [5, 5.41) is 0. The molecule has 0 unspecified atom stereocenters. The van der Waals surface area contributed by atoms with Gasteiger partial charge >= 0.3 is 0 Å². The molecule has 0 aromatic rings. The molecule has 0 aromatic heterocycles. The van der Waals surface area contributed by atoms with E-state index in [2.05, 4.69) is 0 Å². The highest BCUT2D eigenvalue weighted by molar-refractivity contribution is 4.72. The van der Waals surface area contributed by atoms with Crippen molar-refractivity contribution in [2.75, 3.05) is 0 Å². The van der Waals surface area contributed by atoms with Crippen LogP contribution in [0.5, 0.6) is 0 Å². The van der Waals surface area contributed by atoms with Crippen LogP contribution in [0.15, 0.2) is 0 Å². The van der Waals surface area contributed by atoms with Gasteiger partial charge in [0.2, 0.25) is 0 Å². The Balaban J connectivity index is 1.83. The van der Waals surface area contributed by atoms with Gasteiger partial charge < -0.3 is 0 Å². The van der Waals surface area contributed by atoms with Crippen molar-refractivity contribution in [2.24, 2.45) is 11.8 Å². The van der Waals surface area contributed by atoms with Crippen LogP contribution in [0.2, 0.25) is 0 Å². The molecule has 2 rings (SSSR count). The Morgan fingerprint density at radius 1 is 0.114 bits per heavy atom. The van der Waals surface area contributed by atoms with Gasteiger partial charge in [0.15, 0.2) is 0 Å². The molecule has 0 amide bonds. The van der Waals surface area contributed by atoms with Crippen molar-refractivity contribution >= 4 is 0 Å². The fraction of sp³-hybridized carbons (Fsp3) is 1.00. The number of hydrogen-bond donors (Lipinski definition) is 0. The standard InChI is InChI=1S/C44H86/c1-2-4-7-11-15-19-23-27-31-35-39-43(40-36-32-28-24-20-16-12-8-5-3-1)44-41-37-33-29-25-21-17-13-9-6-10-14-18-22-26-30-34-38-42-44/h43-44H,1-42H2. The molecule has 0 N–H and O–H groups in total. The summed E-state index contributed by atoms with van der Waals surface area (Å²) in [6, 6.07) is 0. The third kappa shape index (κ3) is 26.1. The highest BCUT2D eigenvalue weighted by Gasteiger charge is 2.20. The quantitative estimate of drug-likeness (QED) is 0.275. The van der Waals surface area contributed by atoms with E-state index < -0.39 is 0 Å². The molecule has 0 heterocycles. The number of hydrogen-bond acceptors (Lipinski definition) is 0. The first kappa shape index (κ1) is 40.2. The van der Waals surface area contributed by atoms with Crippen LogP contribution in [0.25, 0.3) is 0 Å². The smallest absolute Gasteiger partial charge is 0.0386 e. The number of rotatable bonds is 1. The fourth-order valence-corrected chi connectivity index (χ4v) is 8.87. The average Bonchev–Trinajstić information content (AvgIpc) is 3.03. The van der Waals surface area contributed by atoms with Gasteiger partial charge in [-0.15, -0.1) is 0 Å². The van der Waals surface area contributed by atoms with E-state index in [1.807, 2.05) is 0 Å². The zero-order chi connectivity index (χ0) is 30.9. The topological polar surface area (TPSA) is 0 Å². The molecular formula is C44H86. The van der Waals surface area contributed by atoms with Gasteiger partial charge in [-0.05, 0) is 11.8 Å². The summed E-state index contributed by atoms with van der Waals surface area (Å²) in [7, 11) is 0. The zero-order valence-corrected chi connectivity index (χ0v) is 30.9. The van der Waals surface area contributed by atoms with Crippen LogP contribution in [0.1, 0.15) is 270 Å². The van der Waals surface area contributed by atoms with Crippen molar-refractivity contribution in [3.8, 4) is 0 Å². The summed E-state index contributed by atoms with van der Waals surface area (Å²) in [4.78, 5) is 0. The van der Waals surface area contributed by atoms with Crippen molar-refractivity contribution < 1.29 is 0 Å². The third-order valence-electron chi connectivity index (χ3n) is 12.0. The van der Waals surface area contributed by atoms with Crippen molar-refractivity contribution in [1.29, 1.82) is 0 Å². The van der Waals surface area contributed by atoms with Crippen molar-refractivity contribution in [2.45, 2.75) is 270 Å². The molecule has 0 bridgehead atoms. The molecule has 0 aliphatic heterocycles. The third-order valence-corrected chi connectivity index (χ3v) is 12.0. The summed E-state index contributed by atoms with van der Waals surface area (Å²) in [5.74, 6) is 2.08. The zero-order valence-electron chi connectivity index (χ0n) is 30.9. The Bertz CT molecular complexity index is 492. The highest BCUT2D eigenvalue weighted by atomic mass is 14.3. The first-order valence-corrected chi connectivity index (χ1v) is 22.0. The SMILES string of the molecule is C1CCCCCCCCCCCC(C2CCCCCCCCCCCCCCCCCCC2)CCCCCCCCCCC1. The molecule has 2 saturated carbocycles. The van der Waals surface area contributed by atoms with Gasteiger partial charge in [0.25, 0.3) is 0 Å². The second-order valence-electron chi connectivity index (χ2n) is 16.1. The van der Waals surface area contributed by atoms with Crippen molar-refractivity contribution in [3.63, 3.8) is 0 Å². The first-order chi connectivity index (χ1) is 22.0. The largest absolute Gasteiger partial charge is 0.0533 e. The van der Waals surface area contributed by atoms with E-state index in [1.54, 1.807) is 25.7 Å². The molecular weight excluding hydrogens is 528 g/mol. The molecule has 0 atom stereocenters. The fourth-order valence-electron chi connectivity index (χ4n) is 8.87. The minimum Gasteiger partial charge on any atom is -0.0533 e. The van der Waals surface area contributed by atoms with Crippen LogP contribution < -0.4 is 0 Å². The molecule has 0 aromatic carbocycles. The monoisotopic (exact) mass is 615 g/mol. The van der Waals surface area contributed by atoms with Gasteiger partial charge in [-0.2, -0.15) is 0 Å². The average molecular weight is 615 g/mol. The maximum Gasteiger partial charge on any atom is -0.0386 e. The Kier molecular flexibility index (Phi) is 30.1. The van der Waals surface area contributed by atoms with E-state index in [4.69, 9.17) is 0 Å². The van der Waals surface area contributed by atoms with E-state index in [0.717, 1.165) is 11.8 Å². The Labute approximate surface area is 280 Å². The van der Waals surface area contributed by atoms with Crippen LogP contribution in [0, 0.1) is 11.8 Å². The summed E-state index contributed by atoms with van der Waals surface area (Å²) in [6.07, 6.45) is 63.6. The summed E-state index contributed by atoms with van der Waals surface area (Å²) in [5.41, 5.74) is 0. The lowest BCUT2D eigenvalue weighted by Gasteiger charge is -2.28. The predicted octanol–water partition coefficient (Wildman–Crippen LogP) is 16.6. The van der Waals surface area contributed by atoms with Crippen molar-refractivity contribution in [3.05, 3.63) is 0 Å². The van der Waals surface area contributed by atoms with Crippen LogP contribution >= 0.6 is 0 Å². The van der Waals surface area contributed by atoms with Gasteiger partial charge in [0.05, 0.1) is 0 Å². The van der Waals surface area contributed by atoms with Gasteiger partial charge in [0.1, 0.15) is 0 Å². The molecule has 0 nitrogen and oxygen atoms in total. The molecule has 0 heteroatoms. The van der Waals surface area contributed by atoms with Gasteiger partial charge in [-0.1, -0.05) is 270 Å². The van der Waals surface area contributed by atoms with Gasteiger partial charge in [-0.3, -0.25) is 0 Å². The normalized spacial score (nSPS) is 25.4. The van der Waals surface area contributed by atoms with Crippen LogP contribution in [0.4, 0.5) is 0 Å². The minimum absolute atomic E-state index is 1.04. The molecule has 0 saturated heterocycles. The molecule has 262 valence electrons. The molecule has 2 aliphatic rings. The lowest BCUT2D eigenvalue weighted by Crippen LogP contribution is -2.16. The van der Waals surface area contributed by atoms with E-state index in [9.17, 15) is 0 Å². The molecule has 0 spiro atoms. The molecule has 44 heavy (non-hydrogen) atoms. The lowest BCUT2D eigenvalue weighted by atomic mass is 9.78. The second-order valence-corrected chi connectivity index (χ2v) is 16.1. The Morgan fingerprint density at radius 3 is 0.318 bits per heavy atom. The highest BCUT2D eigenvalue weighted by Crippen LogP contribution is 2.34. The Morgan fingerprint density at radius 2 is 0.205 bits per heavy atom. The minimum atomic E-state index is 1.04. The van der Waals surface area contributed by atoms with E-state index >= 15 is 0 Å². The molecule has 2 fully saturated rings. The maximum atomic E-state index is 1.56. The second kappa shape index (κ2) is 32.9. The summed E-state index contributed by atoms with van der Waals surface area (Å²) < 4.78 is 0. The predicted molar refractivity (Wildman–Crippen MR) is 201 cm³/mol. The van der Waals surface area contributed by atoms with E-state index in [1.165, 1.54) is 244 Å². The van der Waals surface area contributed by atoms with Gasteiger partial charge in [-0.25, -0.2) is 0 Å². The Hall–Kier alpha value is 0. The lowest BCUT2D eigenvalue weighted by molar-refractivity contribution is 0.236. The molecule has 2 aliphatic carbocycles. The summed E-state index contributed by atoms with van der Waals surface area (Å²) >= 11 is 0. The maximum absolute atomic E-state index is 1.56. The molecule has 0 radical (unpaired) electrons. The van der Waals surface area contributed by atoms with Crippen molar-refractivity contribution in [1.82, 2.24) is 0 Å². The van der Waals surface area contributed by atoms with Gasteiger partial charge in [0, 0.05) is 0 Å². The van der Waals surface area contributed by atoms with E-state index in [0.29, 0.717) is 0 Å².